The third-order valence-corrected chi connectivity index (χ3v) is 2.36. The van der Waals surface area contributed by atoms with Crippen molar-refractivity contribution in [3.8, 4) is 0 Å². The van der Waals surface area contributed by atoms with Gasteiger partial charge >= 0.3 is 12.1 Å². The first-order valence-electron chi connectivity index (χ1n) is 4.84. The van der Waals surface area contributed by atoms with Crippen molar-refractivity contribution in [3.05, 3.63) is 47.7 Å². The highest BCUT2D eigenvalue weighted by Crippen LogP contribution is 2.26. The SMILES string of the molecule is O=C(O)C1=Cc2ccccc2N(C(=O)O)C=C1. The maximum absolute atomic E-state index is 11.1. The number of anilines is 1. The van der Waals surface area contributed by atoms with Gasteiger partial charge in [-0.2, -0.15) is 0 Å². The van der Waals surface area contributed by atoms with Crippen LogP contribution in [-0.2, 0) is 4.79 Å². The van der Waals surface area contributed by atoms with Crippen LogP contribution in [0.25, 0.3) is 6.08 Å². The fourth-order valence-corrected chi connectivity index (χ4v) is 1.58. The molecule has 0 radical (unpaired) electrons. The highest BCUT2D eigenvalue weighted by Gasteiger charge is 2.18. The molecule has 0 saturated heterocycles. The van der Waals surface area contributed by atoms with E-state index in [4.69, 9.17) is 10.2 Å². The van der Waals surface area contributed by atoms with E-state index in [9.17, 15) is 9.59 Å². The van der Waals surface area contributed by atoms with Gasteiger partial charge in [0.05, 0.1) is 11.3 Å². The number of carboxylic acid groups (broad SMARTS) is 2. The molecule has 0 aliphatic carbocycles. The summed E-state index contributed by atoms with van der Waals surface area (Å²) in [6.07, 6.45) is 2.77. The van der Waals surface area contributed by atoms with Crippen LogP contribution in [0, 0.1) is 0 Å². The van der Waals surface area contributed by atoms with Gasteiger partial charge in [0.25, 0.3) is 0 Å². The van der Waals surface area contributed by atoms with Gasteiger partial charge in [0, 0.05) is 6.20 Å². The summed E-state index contributed by atoms with van der Waals surface area (Å²) in [5.41, 5.74) is 1.03. The second-order valence-electron chi connectivity index (χ2n) is 3.43. The Kier molecular flexibility index (Phi) is 2.66. The number of hydrogen-bond acceptors (Lipinski definition) is 2. The Morgan fingerprint density at radius 3 is 2.47 bits per heavy atom. The molecule has 86 valence electrons. The summed E-state index contributed by atoms with van der Waals surface area (Å²) in [6, 6.07) is 6.71. The van der Waals surface area contributed by atoms with Crippen LogP contribution in [0.2, 0.25) is 0 Å². The molecule has 5 heteroatoms. The zero-order chi connectivity index (χ0) is 12.4. The van der Waals surface area contributed by atoms with Crippen LogP contribution >= 0.6 is 0 Å². The first-order chi connectivity index (χ1) is 8.09. The number of carboxylic acids is 1. The van der Waals surface area contributed by atoms with Crippen molar-refractivity contribution in [2.24, 2.45) is 0 Å². The van der Waals surface area contributed by atoms with E-state index in [1.807, 2.05) is 0 Å². The van der Waals surface area contributed by atoms with E-state index in [0.717, 1.165) is 4.90 Å². The van der Waals surface area contributed by atoms with E-state index >= 15 is 0 Å². The molecule has 1 aromatic carbocycles. The smallest absolute Gasteiger partial charge is 0.415 e. The van der Waals surface area contributed by atoms with Gasteiger partial charge in [0.2, 0.25) is 0 Å². The van der Waals surface area contributed by atoms with Crippen molar-refractivity contribution in [1.82, 2.24) is 0 Å². The molecule has 0 fully saturated rings. The maximum Gasteiger partial charge on any atom is 0.415 e. The number of aliphatic carboxylic acids is 1. The number of fused-ring (bicyclic) bond motifs is 1. The van der Waals surface area contributed by atoms with Gasteiger partial charge in [0.1, 0.15) is 0 Å². The number of benzene rings is 1. The molecule has 1 aromatic rings. The van der Waals surface area contributed by atoms with Crippen LogP contribution in [0.5, 0.6) is 0 Å². The third kappa shape index (κ3) is 2.03. The van der Waals surface area contributed by atoms with E-state index in [-0.39, 0.29) is 5.57 Å². The van der Waals surface area contributed by atoms with Crippen LogP contribution in [0.1, 0.15) is 5.56 Å². The molecule has 5 nitrogen and oxygen atoms in total. The summed E-state index contributed by atoms with van der Waals surface area (Å²) in [6.45, 7) is 0. The molecular weight excluding hydrogens is 222 g/mol. The summed E-state index contributed by atoms with van der Waals surface area (Å²) in [5.74, 6) is -1.09. The van der Waals surface area contributed by atoms with Crippen molar-refractivity contribution in [2.45, 2.75) is 0 Å². The van der Waals surface area contributed by atoms with Gasteiger partial charge in [-0.1, -0.05) is 18.2 Å². The van der Waals surface area contributed by atoms with E-state index < -0.39 is 12.1 Å². The molecule has 17 heavy (non-hydrogen) atoms. The topological polar surface area (TPSA) is 77.8 Å². The van der Waals surface area contributed by atoms with Crippen molar-refractivity contribution in [1.29, 1.82) is 0 Å². The van der Waals surface area contributed by atoms with Crippen LogP contribution < -0.4 is 4.90 Å². The zero-order valence-electron chi connectivity index (χ0n) is 8.70. The average Bonchev–Trinajstić information content (AvgIpc) is 2.47. The number of hydrogen-bond donors (Lipinski definition) is 2. The molecule has 0 bridgehead atoms. The van der Waals surface area contributed by atoms with E-state index in [1.54, 1.807) is 24.3 Å². The fourth-order valence-electron chi connectivity index (χ4n) is 1.58. The molecule has 2 rings (SSSR count). The standard InChI is InChI=1S/C12H9NO4/c14-11(15)9-5-6-13(12(16)17)10-4-2-1-3-8(10)7-9/h1-7H,(H,14,15)(H,16,17). The summed E-state index contributed by atoms with van der Waals surface area (Å²) >= 11 is 0. The van der Waals surface area contributed by atoms with Crippen LogP contribution in [0.15, 0.2) is 42.1 Å². The second kappa shape index (κ2) is 4.13. The predicted molar refractivity (Wildman–Crippen MR) is 61.7 cm³/mol. The van der Waals surface area contributed by atoms with Crippen molar-refractivity contribution in [2.75, 3.05) is 4.90 Å². The molecule has 1 aliphatic heterocycles. The molecule has 0 spiro atoms. The molecular formula is C12H9NO4. The van der Waals surface area contributed by atoms with Crippen LogP contribution in [-0.4, -0.2) is 22.3 Å². The number of rotatable bonds is 1. The number of amides is 1. The Bertz CT molecular complexity index is 545. The van der Waals surface area contributed by atoms with E-state index in [0.29, 0.717) is 11.3 Å². The summed E-state index contributed by atoms with van der Waals surface area (Å²) in [7, 11) is 0. The second-order valence-corrected chi connectivity index (χ2v) is 3.43. The number of para-hydroxylation sites is 1. The first-order valence-corrected chi connectivity index (χ1v) is 4.84. The number of nitrogens with zero attached hydrogens (tertiary/aromatic N) is 1. The van der Waals surface area contributed by atoms with Crippen molar-refractivity contribution in [3.63, 3.8) is 0 Å². The van der Waals surface area contributed by atoms with Gasteiger partial charge < -0.3 is 10.2 Å². The maximum atomic E-state index is 11.1. The molecule has 0 aromatic heterocycles. The minimum absolute atomic E-state index is 0.0428. The van der Waals surface area contributed by atoms with Crippen molar-refractivity contribution >= 4 is 23.8 Å². The monoisotopic (exact) mass is 231 g/mol. The Morgan fingerprint density at radius 2 is 1.82 bits per heavy atom. The Hall–Kier alpha value is -2.56. The lowest BCUT2D eigenvalue weighted by Gasteiger charge is -2.15. The van der Waals surface area contributed by atoms with E-state index in [2.05, 4.69) is 0 Å². The van der Waals surface area contributed by atoms with Gasteiger partial charge in [-0.25, -0.2) is 9.59 Å². The summed E-state index contributed by atoms with van der Waals surface area (Å²) in [4.78, 5) is 22.9. The first kappa shape index (κ1) is 10.9. The third-order valence-electron chi connectivity index (χ3n) is 2.36. The fraction of sp³-hybridized carbons (Fsp3) is 0. The van der Waals surface area contributed by atoms with Gasteiger partial charge in [0.15, 0.2) is 0 Å². The number of carbonyl (C=O) groups is 2. The van der Waals surface area contributed by atoms with E-state index in [1.165, 1.54) is 18.4 Å². The Labute approximate surface area is 96.9 Å². The molecule has 2 N–H and O–H groups in total. The van der Waals surface area contributed by atoms with Gasteiger partial charge in [-0.3, -0.25) is 4.90 Å². The minimum atomic E-state index is -1.16. The highest BCUT2D eigenvalue weighted by molar-refractivity contribution is 6.00. The van der Waals surface area contributed by atoms with Crippen molar-refractivity contribution < 1.29 is 19.8 Å². The molecule has 0 unspecified atom stereocenters. The predicted octanol–water partition coefficient (Wildman–Crippen LogP) is 2.17. The minimum Gasteiger partial charge on any atom is -0.478 e. The lowest BCUT2D eigenvalue weighted by atomic mass is 10.1. The molecule has 1 amide bonds. The van der Waals surface area contributed by atoms with Crippen LogP contribution in [0.4, 0.5) is 10.5 Å². The normalized spacial score (nSPS) is 13.6. The molecule has 1 heterocycles. The molecule has 0 atom stereocenters. The van der Waals surface area contributed by atoms with Gasteiger partial charge in [-0.05, 0) is 23.8 Å². The lowest BCUT2D eigenvalue weighted by Crippen LogP contribution is -2.23. The lowest BCUT2D eigenvalue weighted by molar-refractivity contribution is -0.132. The molecule has 0 saturated carbocycles. The summed E-state index contributed by atoms with van der Waals surface area (Å²) < 4.78 is 0. The Balaban J connectivity index is 2.60. The quantitative estimate of drug-likeness (QED) is 0.776. The molecule has 1 aliphatic rings. The largest absolute Gasteiger partial charge is 0.478 e. The zero-order valence-corrected chi connectivity index (χ0v) is 8.70. The van der Waals surface area contributed by atoms with Crippen LogP contribution in [0.3, 0.4) is 0 Å². The summed E-state index contributed by atoms with van der Waals surface area (Å²) in [5, 5.41) is 18.0. The Morgan fingerprint density at radius 1 is 1.12 bits per heavy atom. The highest BCUT2D eigenvalue weighted by atomic mass is 16.4. The average molecular weight is 231 g/mol. The van der Waals surface area contributed by atoms with Gasteiger partial charge in [-0.15, -0.1) is 0 Å².